The van der Waals surface area contributed by atoms with Gasteiger partial charge in [0.05, 0.1) is 73.8 Å². The molecule has 0 spiro atoms. The predicted molar refractivity (Wildman–Crippen MR) is 521 cm³/mol. The SMILES string of the molecule is CC(C)CCCc1cc(Cl)c(F)c(-c2cc3cn(-c4ccc([C@H]5CC(N)C[C@H](CCNC6=NCCN6)O5)cc4)c(=O)nc3[nH]2)c1.CC(N)=NCC[C@@H]1CCC[C@@H](c2ccc(-n3cc4cc(-c5cc(CCC[C@@H](C)CO)cc(Cl)c5F)[nH]c4nc3=O)cc2)N1.C[C@@H](CO)CCCc1cc(Cl)c(F)c(-c2cc3cn(-c4ccc([C@@H]5CCC[C@@H](CCN=C(N)CF)N5)cc4)c(=O)nc3[nH]2)c1. The molecule has 132 heavy (non-hydrogen) atoms. The summed E-state index contributed by atoms with van der Waals surface area (Å²) < 4.78 is 68.9. The van der Waals surface area contributed by atoms with Crippen molar-refractivity contribution < 1.29 is 32.5 Å². The van der Waals surface area contributed by atoms with E-state index >= 15 is 13.2 Å². The zero-order chi connectivity index (χ0) is 93.2. The summed E-state index contributed by atoms with van der Waals surface area (Å²) in [6.45, 7) is 13.4. The maximum Gasteiger partial charge on any atom is 0.354 e. The monoisotopic (exact) mass is 1860 g/mol. The lowest BCUT2D eigenvalue weighted by molar-refractivity contribution is -0.0608. The Morgan fingerprint density at radius 3 is 1.35 bits per heavy atom. The first-order chi connectivity index (χ1) is 63.7. The van der Waals surface area contributed by atoms with Crippen molar-refractivity contribution in [2.45, 2.75) is 205 Å². The molecule has 9 atom stereocenters. The highest BCUT2D eigenvalue weighted by Gasteiger charge is 2.31. The number of nitrogens with two attached hydrogens (primary N) is 3. The minimum atomic E-state index is -0.724. The van der Waals surface area contributed by atoms with Crippen molar-refractivity contribution in [3.8, 4) is 50.8 Å². The topological polar surface area (TPSA) is 365 Å². The largest absolute Gasteiger partial charge is 0.396 e. The lowest BCUT2D eigenvalue weighted by Crippen LogP contribution is -2.40. The molecule has 3 fully saturated rings. The van der Waals surface area contributed by atoms with Gasteiger partial charge in [-0.2, -0.15) is 15.0 Å². The van der Waals surface area contributed by atoms with Gasteiger partial charge in [0.15, 0.2) is 23.4 Å². The van der Waals surface area contributed by atoms with Gasteiger partial charge in [0, 0.05) is 121 Å². The first kappa shape index (κ1) is 97.2. The summed E-state index contributed by atoms with van der Waals surface area (Å²) in [6, 6.07) is 40.4. The molecule has 10 heterocycles. The minimum absolute atomic E-state index is 0.0350. The molecule has 32 heteroatoms. The smallest absolute Gasteiger partial charge is 0.354 e. The summed E-state index contributed by atoms with van der Waals surface area (Å²) in [6.07, 6.45) is 23.4. The molecular weight excluding hydrogens is 1750 g/mol. The minimum Gasteiger partial charge on any atom is -0.396 e. The Morgan fingerprint density at radius 1 is 0.553 bits per heavy atom. The number of aromatic amines is 3. The van der Waals surface area contributed by atoms with Crippen LogP contribution in [0.15, 0.2) is 175 Å². The van der Waals surface area contributed by atoms with Crippen LogP contribution in [-0.4, -0.2) is 148 Å². The number of aliphatic imine (C=N–C) groups is 3. The summed E-state index contributed by atoms with van der Waals surface area (Å²) in [4.78, 5) is 73.9. The molecule has 3 saturated heterocycles. The van der Waals surface area contributed by atoms with Gasteiger partial charge >= 0.3 is 17.1 Å². The van der Waals surface area contributed by atoms with Crippen molar-refractivity contribution in [2.24, 2.45) is 49.9 Å². The quantitative estimate of drug-likeness (QED) is 0.0103. The number of halogens is 7. The molecule has 0 aliphatic carbocycles. The number of aliphatic hydroxyl groups is 2. The molecule has 0 amide bonds. The Balaban J connectivity index is 0.000000159. The number of hydrogen-bond acceptors (Lipinski definition) is 17. The van der Waals surface area contributed by atoms with E-state index in [1.165, 1.54) is 19.3 Å². The zero-order valence-corrected chi connectivity index (χ0v) is 77.6. The fourth-order valence-electron chi connectivity index (χ4n) is 17.9. The molecular formula is C100H120Cl3F4N19O6. The van der Waals surface area contributed by atoms with Crippen molar-refractivity contribution in [2.75, 3.05) is 52.6 Å². The van der Waals surface area contributed by atoms with Gasteiger partial charge in [0.2, 0.25) is 0 Å². The second-order valence-electron chi connectivity index (χ2n) is 36.0. The molecule has 1 unspecified atom stereocenters. The summed E-state index contributed by atoms with van der Waals surface area (Å²) in [5.41, 5.74) is 28.1. The summed E-state index contributed by atoms with van der Waals surface area (Å²) in [5.74, 6) is 0.966. The fraction of sp³-hybridized carbons (Fsp3) is 0.430. The number of fused-ring (bicyclic) bond motifs is 3. The van der Waals surface area contributed by atoms with Gasteiger partial charge in [0.1, 0.15) is 29.5 Å². The van der Waals surface area contributed by atoms with Gasteiger partial charge in [0.25, 0.3) is 0 Å². The van der Waals surface area contributed by atoms with Crippen LogP contribution >= 0.6 is 34.8 Å². The average molecular weight is 1870 g/mol. The van der Waals surface area contributed by atoms with E-state index in [4.69, 9.17) is 56.7 Å². The van der Waals surface area contributed by atoms with E-state index in [2.05, 4.69) is 92.1 Å². The molecule has 4 aliphatic heterocycles. The van der Waals surface area contributed by atoms with E-state index in [-0.39, 0.29) is 82.3 Å². The third-order valence-electron chi connectivity index (χ3n) is 25.1. The maximum atomic E-state index is 15.2. The maximum absolute atomic E-state index is 15.2. The van der Waals surface area contributed by atoms with Gasteiger partial charge in [-0.15, -0.1) is 0 Å². The Kier molecular flexibility index (Phi) is 33.7. The van der Waals surface area contributed by atoms with Crippen molar-refractivity contribution in [1.29, 1.82) is 0 Å². The number of rotatable bonds is 33. The molecule has 15 N–H and O–H groups in total. The number of amidine groups is 2. The van der Waals surface area contributed by atoms with Gasteiger partial charge in [-0.1, -0.05) is 118 Å². The number of H-pyrrole nitrogens is 3. The van der Waals surface area contributed by atoms with E-state index in [9.17, 15) is 29.0 Å². The van der Waals surface area contributed by atoms with Crippen LogP contribution < -0.4 is 55.5 Å². The molecule has 6 aromatic carbocycles. The van der Waals surface area contributed by atoms with E-state index in [0.29, 0.717) is 115 Å². The molecule has 0 bridgehead atoms. The van der Waals surface area contributed by atoms with Gasteiger partial charge in [-0.05, 0) is 258 Å². The summed E-state index contributed by atoms with van der Waals surface area (Å²) in [7, 11) is 0. The molecule has 0 saturated carbocycles. The summed E-state index contributed by atoms with van der Waals surface area (Å²) in [5, 5.41) is 34.7. The van der Waals surface area contributed by atoms with Crippen LogP contribution in [0.1, 0.15) is 195 Å². The Hall–Kier alpha value is -10.9. The Labute approximate surface area is 780 Å². The van der Waals surface area contributed by atoms with Crippen molar-refractivity contribution in [3.63, 3.8) is 0 Å². The van der Waals surface area contributed by atoms with Crippen LogP contribution in [0.2, 0.25) is 15.1 Å². The predicted octanol–water partition coefficient (Wildman–Crippen LogP) is 17.7. The molecule has 6 aromatic heterocycles. The van der Waals surface area contributed by atoms with Crippen LogP contribution in [0.3, 0.4) is 0 Å². The van der Waals surface area contributed by atoms with Crippen molar-refractivity contribution >= 4 is 85.5 Å². The molecule has 16 rings (SSSR count). The number of benzene rings is 6. The number of aryl methyl sites for hydroxylation is 3. The standard InChI is InChI=1S/C34H41ClFN7O2.C33H39ClF2N6O2.C33H40ClFN6O2/c1-20(2)4-3-5-21-14-27(31(36)28(35)15-21)29-16-23-19-43(34(44)42-32(23)41-29)25-8-6-22(7-9-25)30-18-24(37)17-26(45-30)10-11-38-33-39-12-13-40-33;1-20(19-43)4-2-5-21-14-26(31(36)27(34)15-21)29-16-23-18-42(33(44)41-32(23)40-29)25-10-8-22(9-11-25)28-7-3-6-24(39-28)12-13-38-30(37)17-35;1-20(19-42)5-3-6-22-15-27(31(35)28(34)16-22)30-17-24-18-41(33(43)40-32(24)39-30)26-11-9-23(10-12-26)29-8-4-7-25(38-29)13-14-37-21(2)36/h6-9,14-16,19-20,24,26,30H,3-5,10-13,17-18,37H2,1-2H3,(H2,38,39,40)(H,41,42,44);8-11,14-16,18,20,24,28,39,43H,2-7,12-13,17,19H2,1H3,(H2,37,38)(H,40,41,44);9-12,15-18,20,25,29,38,42H,3-8,13-14,19H2,1-2H3,(H2,36,37)(H,39,40,43)/t24?,26-,30+;20-,24+,28+;20-,25+,29+/m011/s1. The molecule has 25 nitrogen and oxygen atoms in total. The van der Waals surface area contributed by atoms with Crippen LogP contribution in [0.25, 0.3) is 83.9 Å². The van der Waals surface area contributed by atoms with E-state index in [1.807, 2.05) is 87.5 Å². The van der Waals surface area contributed by atoms with Gasteiger partial charge < -0.3 is 68.4 Å². The normalized spacial score (nSPS) is 18.8. The number of nitrogens with zero attached hydrogens (tertiary/aromatic N) is 9. The number of piperidine rings is 2. The molecule has 700 valence electrons. The highest BCUT2D eigenvalue weighted by molar-refractivity contribution is 6.32. The first-order valence-electron chi connectivity index (χ1n) is 46.1. The van der Waals surface area contributed by atoms with Crippen LogP contribution in [0.4, 0.5) is 17.6 Å². The van der Waals surface area contributed by atoms with Crippen LogP contribution in [-0.2, 0) is 24.0 Å². The van der Waals surface area contributed by atoms with E-state index in [1.54, 1.807) is 67.1 Å². The molecule has 4 aliphatic rings. The number of hydrogen-bond donors (Lipinski definition) is 12. The Morgan fingerprint density at radius 2 is 0.962 bits per heavy atom. The number of aliphatic hydroxyl groups excluding tert-OH is 2. The molecule has 12 aromatic rings. The lowest BCUT2D eigenvalue weighted by atomic mass is 9.92. The van der Waals surface area contributed by atoms with E-state index in [0.717, 1.165) is 182 Å². The number of ether oxygens (including phenoxy) is 1. The van der Waals surface area contributed by atoms with Crippen LogP contribution in [0, 0.1) is 35.2 Å². The fourth-order valence-corrected chi connectivity index (χ4v) is 18.6. The highest BCUT2D eigenvalue weighted by Crippen LogP contribution is 2.39. The van der Waals surface area contributed by atoms with Crippen LogP contribution in [0.5, 0.6) is 0 Å². The van der Waals surface area contributed by atoms with E-state index < -0.39 is 41.2 Å². The van der Waals surface area contributed by atoms with Gasteiger partial charge in [-0.25, -0.2) is 31.9 Å². The second kappa shape index (κ2) is 45.7. The first-order valence-corrected chi connectivity index (χ1v) is 47.2. The number of aromatic nitrogens is 9. The average Bonchev–Trinajstić information content (AvgIpc) is 1.63. The number of alkyl halides is 1. The Bertz CT molecular complexity index is 6230. The van der Waals surface area contributed by atoms with Crippen molar-refractivity contribution in [3.05, 3.63) is 243 Å². The third kappa shape index (κ3) is 25.3. The third-order valence-corrected chi connectivity index (χ3v) is 26.0. The number of guanidine groups is 1. The highest BCUT2D eigenvalue weighted by atomic mass is 35.5. The van der Waals surface area contributed by atoms with Crippen molar-refractivity contribution in [1.82, 2.24) is 64.9 Å². The molecule has 0 radical (unpaired) electrons. The second-order valence-corrected chi connectivity index (χ2v) is 37.3. The van der Waals surface area contributed by atoms with Gasteiger partial charge in [-0.3, -0.25) is 28.7 Å². The lowest BCUT2D eigenvalue weighted by Gasteiger charge is -2.34. The summed E-state index contributed by atoms with van der Waals surface area (Å²) >= 11 is 18.8. The number of nitrogens with one attached hydrogen (secondary N) is 7. The zero-order valence-electron chi connectivity index (χ0n) is 75.4.